The molecule has 1 aliphatic rings. The number of methoxy groups -OCH3 is 1. The molecule has 1 amide bonds. The van der Waals surface area contributed by atoms with Gasteiger partial charge in [0.05, 0.1) is 37.1 Å². The number of amides is 1. The number of carbonyl (C=O) groups is 1. The normalized spacial score (nSPS) is 16.3. The van der Waals surface area contributed by atoms with E-state index >= 15 is 0 Å². The Morgan fingerprint density at radius 3 is 3.00 bits per heavy atom. The molecule has 8 nitrogen and oxygen atoms in total. The van der Waals surface area contributed by atoms with Crippen LogP contribution >= 0.6 is 0 Å². The molecule has 174 valence electrons. The van der Waals surface area contributed by atoms with E-state index in [1.807, 2.05) is 59.9 Å². The summed E-state index contributed by atoms with van der Waals surface area (Å²) in [7, 11) is 1.62. The number of benzene rings is 1. The van der Waals surface area contributed by atoms with Crippen molar-refractivity contribution in [1.82, 2.24) is 19.3 Å². The van der Waals surface area contributed by atoms with Crippen molar-refractivity contribution >= 4 is 22.9 Å². The van der Waals surface area contributed by atoms with Gasteiger partial charge in [-0.15, -0.1) is 0 Å². The van der Waals surface area contributed by atoms with Crippen LogP contribution in [0.1, 0.15) is 16.1 Å². The quantitative estimate of drug-likeness (QED) is 0.474. The first kappa shape index (κ1) is 21.9. The molecule has 3 aromatic heterocycles. The van der Waals surface area contributed by atoms with E-state index in [-0.39, 0.29) is 11.8 Å². The van der Waals surface area contributed by atoms with Gasteiger partial charge in [-0.25, -0.2) is 4.98 Å². The molecule has 0 unspecified atom stereocenters. The fourth-order valence-electron chi connectivity index (χ4n) is 4.33. The average Bonchev–Trinajstić information content (AvgIpc) is 3.24. The third kappa shape index (κ3) is 4.72. The summed E-state index contributed by atoms with van der Waals surface area (Å²) in [6, 6.07) is 15.2. The van der Waals surface area contributed by atoms with Crippen LogP contribution in [0, 0.1) is 5.92 Å². The van der Waals surface area contributed by atoms with Crippen LogP contribution in [-0.2, 0) is 11.2 Å². The molecule has 1 aromatic carbocycles. The molecule has 1 atom stereocenters. The lowest BCUT2D eigenvalue weighted by atomic mass is 10.0. The number of aromatic nitrogens is 3. The van der Waals surface area contributed by atoms with Crippen LogP contribution in [0.15, 0.2) is 73.3 Å². The van der Waals surface area contributed by atoms with Gasteiger partial charge in [0, 0.05) is 55.5 Å². The summed E-state index contributed by atoms with van der Waals surface area (Å²) in [6.07, 6.45) is 8.18. The molecule has 0 aliphatic carbocycles. The van der Waals surface area contributed by atoms with Gasteiger partial charge in [-0.3, -0.25) is 9.78 Å². The standard InChI is InChI=1S/C26H27N5O3/c1-33-21-6-2-5-20(16-21)29-25-22(7-3-9-28-25)26(32)31-13-14-34-18-19(17-31)15-23-24-8-4-11-30(24)12-10-27-23/h2-12,16,19H,13-15,17-18H2,1H3,(H,28,29)/t19-/m1/s1. The number of hydrogen-bond donors (Lipinski definition) is 1. The number of ether oxygens (including phenoxy) is 2. The summed E-state index contributed by atoms with van der Waals surface area (Å²) in [5, 5.41) is 3.27. The molecular weight excluding hydrogens is 430 g/mol. The molecule has 4 heterocycles. The summed E-state index contributed by atoms with van der Waals surface area (Å²) in [5.74, 6) is 1.32. The number of fused-ring (bicyclic) bond motifs is 1. The van der Waals surface area contributed by atoms with Gasteiger partial charge in [0.25, 0.3) is 5.91 Å². The number of rotatable bonds is 6. The lowest BCUT2D eigenvalue weighted by Gasteiger charge is -2.24. The van der Waals surface area contributed by atoms with Crippen LogP contribution in [0.4, 0.5) is 11.5 Å². The number of carbonyl (C=O) groups excluding carboxylic acids is 1. The third-order valence-corrected chi connectivity index (χ3v) is 6.01. The zero-order chi connectivity index (χ0) is 23.3. The molecule has 0 bridgehead atoms. The van der Waals surface area contributed by atoms with Gasteiger partial charge >= 0.3 is 0 Å². The Balaban J connectivity index is 1.35. The fourth-order valence-corrected chi connectivity index (χ4v) is 4.33. The first-order chi connectivity index (χ1) is 16.7. The summed E-state index contributed by atoms with van der Waals surface area (Å²) in [5.41, 5.74) is 3.42. The van der Waals surface area contributed by atoms with Crippen molar-refractivity contribution < 1.29 is 14.3 Å². The minimum atomic E-state index is -0.0668. The Morgan fingerprint density at radius 1 is 1.15 bits per heavy atom. The minimum absolute atomic E-state index is 0.0668. The highest BCUT2D eigenvalue weighted by Gasteiger charge is 2.26. The number of hydrogen-bond acceptors (Lipinski definition) is 6. The molecule has 8 heteroatoms. The molecule has 5 rings (SSSR count). The van der Waals surface area contributed by atoms with Gasteiger partial charge in [0.2, 0.25) is 0 Å². The largest absolute Gasteiger partial charge is 0.497 e. The van der Waals surface area contributed by atoms with E-state index in [2.05, 4.69) is 25.8 Å². The second kappa shape index (κ2) is 9.93. The number of nitrogens with one attached hydrogen (secondary N) is 1. The van der Waals surface area contributed by atoms with Crippen molar-refractivity contribution in [2.45, 2.75) is 6.42 Å². The highest BCUT2D eigenvalue weighted by atomic mass is 16.5. The van der Waals surface area contributed by atoms with Crippen molar-refractivity contribution in [1.29, 1.82) is 0 Å². The molecular formula is C26H27N5O3. The van der Waals surface area contributed by atoms with E-state index < -0.39 is 0 Å². The number of nitrogens with zero attached hydrogens (tertiary/aromatic N) is 4. The second-order valence-corrected chi connectivity index (χ2v) is 8.33. The Bertz CT molecular complexity index is 1290. The van der Waals surface area contributed by atoms with E-state index in [1.165, 1.54) is 0 Å². The van der Waals surface area contributed by atoms with Crippen LogP contribution in [0.3, 0.4) is 0 Å². The summed E-state index contributed by atoms with van der Waals surface area (Å²) >= 11 is 0. The third-order valence-electron chi connectivity index (χ3n) is 6.01. The molecule has 1 N–H and O–H groups in total. The van der Waals surface area contributed by atoms with E-state index in [0.717, 1.165) is 29.1 Å². The molecule has 4 aromatic rings. The highest BCUT2D eigenvalue weighted by Crippen LogP contribution is 2.24. The predicted octanol–water partition coefficient (Wildman–Crippen LogP) is 3.81. The van der Waals surface area contributed by atoms with Crippen LogP contribution in [0.5, 0.6) is 5.75 Å². The maximum absolute atomic E-state index is 13.6. The molecule has 1 fully saturated rings. The Kier molecular flexibility index (Phi) is 6.40. The van der Waals surface area contributed by atoms with E-state index in [9.17, 15) is 4.79 Å². The van der Waals surface area contributed by atoms with E-state index in [0.29, 0.717) is 37.7 Å². The van der Waals surface area contributed by atoms with Gasteiger partial charge in [-0.1, -0.05) is 6.07 Å². The lowest BCUT2D eigenvalue weighted by Crippen LogP contribution is -2.37. The van der Waals surface area contributed by atoms with Crippen LogP contribution in [0.2, 0.25) is 0 Å². The van der Waals surface area contributed by atoms with Gasteiger partial charge in [-0.2, -0.15) is 0 Å². The first-order valence-electron chi connectivity index (χ1n) is 11.3. The van der Waals surface area contributed by atoms with Crippen molar-refractivity contribution in [3.05, 3.63) is 84.6 Å². The van der Waals surface area contributed by atoms with Gasteiger partial charge in [-0.05, 0) is 42.8 Å². The Labute approximate surface area is 198 Å². The van der Waals surface area contributed by atoms with Gasteiger partial charge in [0.1, 0.15) is 11.6 Å². The first-order valence-corrected chi connectivity index (χ1v) is 11.3. The molecule has 34 heavy (non-hydrogen) atoms. The molecule has 0 spiro atoms. The van der Waals surface area contributed by atoms with Crippen LogP contribution in [-0.4, -0.2) is 58.6 Å². The summed E-state index contributed by atoms with van der Waals surface area (Å²) in [6.45, 7) is 2.22. The second-order valence-electron chi connectivity index (χ2n) is 8.33. The maximum atomic E-state index is 13.6. The van der Waals surface area contributed by atoms with Crippen LogP contribution < -0.4 is 10.1 Å². The Morgan fingerprint density at radius 2 is 2.09 bits per heavy atom. The van der Waals surface area contributed by atoms with Crippen molar-refractivity contribution in [3.63, 3.8) is 0 Å². The minimum Gasteiger partial charge on any atom is -0.497 e. The molecule has 1 aliphatic heterocycles. The predicted molar refractivity (Wildman–Crippen MR) is 130 cm³/mol. The van der Waals surface area contributed by atoms with Crippen LogP contribution in [0.25, 0.3) is 5.52 Å². The monoisotopic (exact) mass is 457 g/mol. The van der Waals surface area contributed by atoms with Gasteiger partial charge in [0.15, 0.2) is 0 Å². The zero-order valence-electron chi connectivity index (χ0n) is 19.1. The molecule has 0 saturated carbocycles. The van der Waals surface area contributed by atoms with Crippen molar-refractivity contribution in [2.24, 2.45) is 5.92 Å². The van der Waals surface area contributed by atoms with Crippen molar-refractivity contribution in [3.8, 4) is 5.75 Å². The van der Waals surface area contributed by atoms with E-state index in [1.54, 1.807) is 19.4 Å². The van der Waals surface area contributed by atoms with E-state index in [4.69, 9.17) is 9.47 Å². The smallest absolute Gasteiger partial charge is 0.257 e. The van der Waals surface area contributed by atoms with Gasteiger partial charge < -0.3 is 24.1 Å². The topological polar surface area (TPSA) is 81.0 Å². The molecule has 0 radical (unpaired) electrons. The van der Waals surface area contributed by atoms with Crippen molar-refractivity contribution in [2.75, 3.05) is 38.7 Å². The maximum Gasteiger partial charge on any atom is 0.257 e. The zero-order valence-corrected chi connectivity index (χ0v) is 19.1. The number of pyridine rings is 1. The summed E-state index contributed by atoms with van der Waals surface area (Å²) < 4.78 is 13.2. The highest BCUT2D eigenvalue weighted by molar-refractivity contribution is 5.99. The summed E-state index contributed by atoms with van der Waals surface area (Å²) in [4.78, 5) is 24.5. The average molecular weight is 458 g/mol. The number of anilines is 2. The Hall–Kier alpha value is -3.91. The SMILES string of the molecule is COc1cccc(Nc2ncccc2C(=O)N2CCOC[C@H](Cc3nccn4cccc34)C2)c1. The lowest BCUT2D eigenvalue weighted by molar-refractivity contribution is 0.0738. The molecule has 1 saturated heterocycles. The fraction of sp³-hybridized carbons (Fsp3) is 0.269.